The number of carbonyl (C=O) groups excluding carboxylic acids is 2. The van der Waals surface area contributed by atoms with Gasteiger partial charge in [-0.1, -0.05) is 80.1 Å². The van der Waals surface area contributed by atoms with Crippen LogP contribution in [0.5, 0.6) is 0 Å². The second-order valence-corrected chi connectivity index (χ2v) is 7.57. The predicted octanol–water partition coefficient (Wildman–Crippen LogP) is 4.38. The maximum Gasteiger partial charge on any atom is 0.319 e. The van der Waals surface area contributed by atoms with Crippen molar-refractivity contribution >= 4 is 34.1 Å². The number of rotatable bonds is 7. The maximum atomic E-state index is 12.8. The van der Waals surface area contributed by atoms with Crippen molar-refractivity contribution in [3.8, 4) is 10.6 Å². The number of para-hydroxylation sites is 1. The van der Waals surface area contributed by atoms with Crippen LogP contribution < -0.4 is 16.0 Å². The van der Waals surface area contributed by atoms with Gasteiger partial charge in [0, 0.05) is 11.3 Å². The topological polar surface area (TPSA) is 96.0 Å². The first kappa shape index (κ1) is 20.5. The van der Waals surface area contributed by atoms with Crippen LogP contribution in [0.1, 0.15) is 20.3 Å². The van der Waals surface area contributed by atoms with E-state index in [1.54, 1.807) is 12.1 Å². The minimum Gasteiger partial charge on any atom is -0.326 e. The number of aromatic nitrogens is 2. The second kappa shape index (κ2) is 9.79. The van der Waals surface area contributed by atoms with E-state index in [2.05, 4.69) is 26.1 Å². The minimum atomic E-state index is -0.701. The third-order valence-electron chi connectivity index (χ3n) is 4.49. The molecule has 0 bridgehead atoms. The zero-order valence-electron chi connectivity index (χ0n) is 16.3. The summed E-state index contributed by atoms with van der Waals surface area (Å²) in [5.41, 5.74) is 1.59. The fraction of sp³-hybridized carbons (Fsp3) is 0.238. The Kier molecular flexibility index (Phi) is 6.91. The van der Waals surface area contributed by atoms with Crippen molar-refractivity contribution in [2.24, 2.45) is 5.92 Å². The minimum absolute atomic E-state index is 0.0574. The molecule has 0 saturated carbocycles. The summed E-state index contributed by atoms with van der Waals surface area (Å²) in [6, 6.07) is 17.6. The van der Waals surface area contributed by atoms with E-state index in [1.807, 2.05) is 62.4 Å². The van der Waals surface area contributed by atoms with Crippen molar-refractivity contribution in [2.75, 3.05) is 10.6 Å². The van der Waals surface area contributed by atoms with Gasteiger partial charge in [-0.15, -0.1) is 10.2 Å². The van der Waals surface area contributed by atoms with Crippen molar-refractivity contribution < 1.29 is 9.59 Å². The van der Waals surface area contributed by atoms with Crippen LogP contribution in [0.15, 0.2) is 60.7 Å². The van der Waals surface area contributed by atoms with Gasteiger partial charge in [0.1, 0.15) is 11.0 Å². The fourth-order valence-corrected chi connectivity index (χ4v) is 3.44. The Morgan fingerprint density at radius 1 is 0.966 bits per heavy atom. The third-order valence-corrected chi connectivity index (χ3v) is 5.38. The molecule has 0 aliphatic heterocycles. The van der Waals surface area contributed by atoms with Gasteiger partial charge < -0.3 is 10.6 Å². The van der Waals surface area contributed by atoms with E-state index in [4.69, 9.17) is 0 Å². The first-order chi connectivity index (χ1) is 14.1. The molecule has 29 heavy (non-hydrogen) atoms. The molecule has 0 aliphatic carbocycles. The summed E-state index contributed by atoms with van der Waals surface area (Å²) in [6.07, 6.45) is 0.731. The molecular formula is C21H23N5O2S. The fourth-order valence-electron chi connectivity index (χ4n) is 2.69. The van der Waals surface area contributed by atoms with E-state index in [0.717, 1.165) is 17.0 Å². The van der Waals surface area contributed by atoms with Crippen LogP contribution in [0.2, 0.25) is 0 Å². The number of carbonyl (C=O) groups is 2. The Balaban J connectivity index is 1.66. The van der Waals surface area contributed by atoms with Gasteiger partial charge in [0.15, 0.2) is 0 Å². The molecule has 150 valence electrons. The molecule has 2 aromatic carbocycles. The van der Waals surface area contributed by atoms with Crippen LogP contribution in [0.4, 0.5) is 15.6 Å². The van der Waals surface area contributed by atoms with Gasteiger partial charge in [-0.25, -0.2) is 4.79 Å². The Morgan fingerprint density at radius 2 is 1.62 bits per heavy atom. The number of anilines is 2. The van der Waals surface area contributed by atoms with Gasteiger partial charge >= 0.3 is 6.03 Å². The maximum absolute atomic E-state index is 12.8. The van der Waals surface area contributed by atoms with Gasteiger partial charge in [0.25, 0.3) is 0 Å². The summed E-state index contributed by atoms with van der Waals surface area (Å²) in [5.74, 6) is -0.378. The summed E-state index contributed by atoms with van der Waals surface area (Å²) in [6.45, 7) is 3.89. The normalized spacial score (nSPS) is 12.6. The van der Waals surface area contributed by atoms with E-state index in [9.17, 15) is 9.59 Å². The lowest BCUT2D eigenvalue weighted by molar-refractivity contribution is -0.119. The average Bonchev–Trinajstić information content (AvgIpc) is 3.21. The molecule has 2 atom stereocenters. The number of hydrogen-bond donors (Lipinski definition) is 3. The molecule has 3 aromatic rings. The smallest absolute Gasteiger partial charge is 0.319 e. The summed E-state index contributed by atoms with van der Waals surface area (Å²) in [4.78, 5) is 25.2. The summed E-state index contributed by atoms with van der Waals surface area (Å²) >= 11 is 1.29. The van der Waals surface area contributed by atoms with Gasteiger partial charge in [-0.3, -0.25) is 10.1 Å². The molecule has 2 unspecified atom stereocenters. The molecule has 3 amide bonds. The molecule has 8 heteroatoms. The van der Waals surface area contributed by atoms with Crippen LogP contribution in [0, 0.1) is 5.92 Å². The molecule has 0 saturated heterocycles. The number of benzene rings is 2. The number of nitrogens with zero attached hydrogens (tertiary/aromatic N) is 2. The molecule has 3 rings (SSSR count). The Bertz CT molecular complexity index is 946. The van der Waals surface area contributed by atoms with Crippen molar-refractivity contribution in [3.05, 3.63) is 60.7 Å². The number of urea groups is 1. The largest absolute Gasteiger partial charge is 0.326 e. The molecule has 0 fully saturated rings. The molecule has 1 aromatic heterocycles. The molecule has 0 spiro atoms. The lowest BCUT2D eigenvalue weighted by Crippen LogP contribution is -2.49. The lowest BCUT2D eigenvalue weighted by atomic mass is 9.98. The van der Waals surface area contributed by atoms with E-state index in [-0.39, 0.29) is 11.8 Å². The van der Waals surface area contributed by atoms with E-state index in [0.29, 0.717) is 10.8 Å². The highest BCUT2D eigenvalue weighted by Gasteiger charge is 2.27. The lowest BCUT2D eigenvalue weighted by Gasteiger charge is -2.23. The van der Waals surface area contributed by atoms with Crippen LogP contribution in [0.3, 0.4) is 0 Å². The third kappa shape index (κ3) is 5.61. The molecule has 0 aliphatic rings. The summed E-state index contributed by atoms with van der Waals surface area (Å²) < 4.78 is 0. The standard InChI is InChI=1S/C21H23N5O2S/c1-3-14(2)17(23-20(28)22-16-12-8-5-9-13-16)18(27)24-21-26-25-19(29-21)15-10-6-4-7-11-15/h4-14,17H,3H2,1-2H3,(H2,22,23,28)(H,24,26,27). The van der Waals surface area contributed by atoms with Crippen LogP contribution in [-0.4, -0.2) is 28.2 Å². The summed E-state index contributed by atoms with van der Waals surface area (Å²) in [5, 5.41) is 17.6. The molecule has 1 heterocycles. The highest BCUT2D eigenvalue weighted by molar-refractivity contribution is 7.18. The quantitative estimate of drug-likeness (QED) is 0.539. The average molecular weight is 410 g/mol. The number of hydrogen-bond acceptors (Lipinski definition) is 5. The zero-order valence-corrected chi connectivity index (χ0v) is 17.1. The first-order valence-electron chi connectivity index (χ1n) is 9.39. The first-order valence-corrected chi connectivity index (χ1v) is 10.2. The van der Waals surface area contributed by atoms with Gasteiger partial charge in [0.05, 0.1) is 0 Å². The Labute approximate surface area is 173 Å². The highest BCUT2D eigenvalue weighted by atomic mass is 32.1. The predicted molar refractivity (Wildman–Crippen MR) is 116 cm³/mol. The zero-order chi connectivity index (χ0) is 20.6. The van der Waals surface area contributed by atoms with Gasteiger partial charge in [-0.05, 0) is 18.1 Å². The number of amides is 3. The van der Waals surface area contributed by atoms with E-state index >= 15 is 0 Å². The molecule has 3 N–H and O–H groups in total. The molecule has 7 nitrogen and oxygen atoms in total. The molecular weight excluding hydrogens is 386 g/mol. The second-order valence-electron chi connectivity index (χ2n) is 6.60. The number of nitrogens with one attached hydrogen (secondary N) is 3. The van der Waals surface area contributed by atoms with Crippen LogP contribution in [0.25, 0.3) is 10.6 Å². The van der Waals surface area contributed by atoms with Crippen molar-refractivity contribution in [1.29, 1.82) is 0 Å². The van der Waals surface area contributed by atoms with Crippen LogP contribution in [-0.2, 0) is 4.79 Å². The van der Waals surface area contributed by atoms with E-state index in [1.165, 1.54) is 11.3 Å². The highest BCUT2D eigenvalue weighted by Crippen LogP contribution is 2.26. The van der Waals surface area contributed by atoms with Crippen LogP contribution >= 0.6 is 11.3 Å². The van der Waals surface area contributed by atoms with Crippen molar-refractivity contribution in [1.82, 2.24) is 15.5 Å². The molecule has 0 radical (unpaired) electrons. The SMILES string of the molecule is CCC(C)C(NC(=O)Nc1ccccc1)C(=O)Nc1nnc(-c2ccccc2)s1. The summed E-state index contributed by atoms with van der Waals surface area (Å²) in [7, 11) is 0. The Morgan fingerprint density at radius 3 is 2.28 bits per heavy atom. The van der Waals surface area contributed by atoms with Crippen molar-refractivity contribution in [2.45, 2.75) is 26.3 Å². The van der Waals surface area contributed by atoms with E-state index < -0.39 is 12.1 Å². The van der Waals surface area contributed by atoms with Gasteiger partial charge in [-0.2, -0.15) is 0 Å². The van der Waals surface area contributed by atoms with Gasteiger partial charge in [0.2, 0.25) is 11.0 Å². The monoisotopic (exact) mass is 409 g/mol. The Hall–Kier alpha value is -3.26. The van der Waals surface area contributed by atoms with Crippen molar-refractivity contribution in [3.63, 3.8) is 0 Å².